The molecular weight excluding hydrogens is 260 g/mol. The molecule has 1 aromatic heterocycles. The van der Waals surface area contributed by atoms with Crippen LogP contribution in [-0.2, 0) is 13.5 Å². The van der Waals surface area contributed by atoms with Crippen molar-refractivity contribution in [2.24, 2.45) is 13.0 Å². The summed E-state index contributed by atoms with van der Waals surface area (Å²) in [5, 5.41) is 7.73. The van der Waals surface area contributed by atoms with Crippen molar-refractivity contribution < 1.29 is 0 Å². The third kappa shape index (κ3) is 4.97. The molecule has 0 spiro atoms. The molecule has 0 aliphatic carbocycles. The minimum absolute atomic E-state index is 0.515. The molecule has 1 unspecified atom stereocenters. The maximum Gasteiger partial charge on any atom is 0.138 e. The van der Waals surface area contributed by atoms with Gasteiger partial charge in [0.05, 0.1) is 0 Å². The Labute approximate surface area is 127 Å². The van der Waals surface area contributed by atoms with Crippen LogP contribution in [0.2, 0.25) is 0 Å². The fraction of sp³-hybridized carbons (Fsp3) is 0.529. The first kappa shape index (κ1) is 15.7. The molecule has 0 amide bonds. The van der Waals surface area contributed by atoms with E-state index in [9.17, 15) is 0 Å². The van der Waals surface area contributed by atoms with Crippen LogP contribution in [0.25, 0.3) is 0 Å². The number of nitrogens with one attached hydrogen (secondary N) is 1. The van der Waals surface area contributed by atoms with Crippen LogP contribution >= 0.6 is 0 Å². The minimum Gasteiger partial charge on any atom is -0.316 e. The SMILES string of the molecule is CC(C)CNCC(CCc1ncnn1C)c1ccccc1. The average molecular weight is 286 g/mol. The van der Waals surface area contributed by atoms with Gasteiger partial charge in [-0.15, -0.1) is 0 Å². The normalized spacial score (nSPS) is 12.8. The number of benzene rings is 1. The van der Waals surface area contributed by atoms with Crippen molar-refractivity contribution in [3.8, 4) is 0 Å². The molecule has 1 aromatic carbocycles. The predicted octanol–water partition coefficient (Wildman–Crippen LogP) is 2.78. The van der Waals surface area contributed by atoms with E-state index in [0.717, 1.165) is 31.8 Å². The molecule has 0 radical (unpaired) electrons. The van der Waals surface area contributed by atoms with Gasteiger partial charge in [-0.2, -0.15) is 5.10 Å². The summed E-state index contributed by atoms with van der Waals surface area (Å²) in [7, 11) is 1.96. The number of hydrogen-bond donors (Lipinski definition) is 1. The van der Waals surface area contributed by atoms with Gasteiger partial charge in [0.25, 0.3) is 0 Å². The first-order valence-electron chi connectivity index (χ1n) is 7.75. The zero-order valence-electron chi connectivity index (χ0n) is 13.3. The molecular formula is C17H26N4. The maximum absolute atomic E-state index is 4.32. The highest BCUT2D eigenvalue weighted by atomic mass is 15.3. The van der Waals surface area contributed by atoms with E-state index in [1.54, 1.807) is 6.33 Å². The van der Waals surface area contributed by atoms with Gasteiger partial charge in [-0.25, -0.2) is 4.98 Å². The number of hydrogen-bond acceptors (Lipinski definition) is 3. The lowest BCUT2D eigenvalue weighted by atomic mass is 9.94. The summed E-state index contributed by atoms with van der Waals surface area (Å²) < 4.78 is 1.86. The maximum atomic E-state index is 4.32. The van der Waals surface area contributed by atoms with Crippen molar-refractivity contribution >= 4 is 0 Å². The number of rotatable bonds is 8. The molecule has 4 nitrogen and oxygen atoms in total. The number of nitrogens with zero attached hydrogens (tertiary/aromatic N) is 3. The van der Waals surface area contributed by atoms with Gasteiger partial charge >= 0.3 is 0 Å². The minimum atomic E-state index is 0.515. The Kier molecular flexibility index (Phi) is 5.93. The smallest absolute Gasteiger partial charge is 0.138 e. The first-order valence-corrected chi connectivity index (χ1v) is 7.75. The molecule has 0 fully saturated rings. The molecule has 1 N–H and O–H groups in total. The van der Waals surface area contributed by atoms with E-state index in [1.165, 1.54) is 5.56 Å². The highest BCUT2D eigenvalue weighted by molar-refractivity contribution is 5.20. The summed E-state index contributed by atoms with van der Waals surface area (Å²) >= 11 is 0. The summed E-state index contributed by atoms with van der Waals surface area (Å²) in [6.07, 6.45) is 3.67. The number of aromatic nitrogens is 3. The van der Waals surface area contributed by atoms with Crippen LogP contribution in [0.3, 0.4) is 0 Å². The van der Waals surface area contributed by atoms with E-state index < -0.39 is 0 Å². The van der Waals surface area contributed by atoms with Gasteiger partial charge in [0.2, 0.25) is 0 Å². The van der Waals surface area contributed by atoms with Crippen molar-refractivity contribution in [3.05, 3.63) is 48.0 Å². The van der Waals surface area contributed by atoms with Gasteiger partial charge in [-0.3, -0.25) is 4.68 Å². The summed E-state index contributed by atoms with van der Waals surface area (Å²) in [5.74, 6) is 2.25. The van der Waals surface area contributed by atoms with Gasteiger partial charge in [-0.1, -0.05) is 44.2 Å². The van der Waals surface area contributed by atoms with Crippen LogP contribution in [0, 0.1) is 5.92 Å². The molecule has 0 saturated carbocycles. The topological polar surface area (TPSA) is 42.7 Å². The molecule has 0 saturated heterocycles. The highest BCUT2D eigenvalue weighted by Gasteiger charge is 2.13. The van der Waals surface area contributed by atoms with Crippen molar-refractivity contribution in [1.29, 1.82) is 0 Å². The largest absolute Gasteiger partial charge is 0.316 e. The van der Waals surface area contributed by atoms with Crippen LogP contribution in [0.15, 0.2) is 36.7 Å². The fourth-order valence-electron chi connectivity index (χ4n) is 2.51. The zero-order chi connectivity index (χ0) is 15.1. The van der Waals surface area contributed by atoms with Crippen LogP contribution in [-0.4, -0.2) is 27.9 Å². The Bertz CT molecular complexity index is 519. The third-order valence-electron chi connectivity index (χ3n) is 3.74. The molecule has 2 aromatic rings. The van der Waals surface area contributed by atoms with Gasteiger partial charge in [-0.05, 0) is 30.4 Å². The van der Waals surface area contributed by atoms with E-state index in [4.69, 9.17) is 0 Å². The van der Waals surface area contributed by atoms with E-state index in [2.05, 4.69) is 59.6 Å². The Morgan fingerprint density at radius 3 is 2.52 bits per heavy atom. The standard InChI is InChI=1S/C17H26N4/c1-14(2)11-18-12-16(15-7-5-4-6-8-15)9-10-17-19-13-20-21(17)3/h4-8,13-14,16,18H,9-12H2,1-3H3. The Morgan fingerprint density at radius 2 is 1.90 bits per heavy atom. The lowest BCUT2D eigenvalue weighted by molar-refractivity contribution is 0.494. The molecule has 1 heterocycles. The second-order valence-electron chi connectivity index (χ2n) is 6.00. The summed E-state index contributed by atoms with van der Waals surface area (Å²) in [4.78, 5) is 4.32. The van der Waals surface area contributed by atoms with Gasteiger partial charge < -0.3 is 5.32 Å². The van der Waals surface area contributed by atoms with E-state index in [1.807, 2.05) is 11.7 Å². The van der Waals surface area contributed by atoms with Crippen LogP contribution in [0.5, 0.6) is 0 Å². The van der Waals surface area contributed by atoms with Crippen LogP contribution in [0.1, 0.15) is 37.6 Å². The molecule has 4 heteroatoms. The molecule has 0 aliphatic rings. The van der Waals surface area contributed by atoms with Crippen molar-refractivity contribution in [2.45, 2.75) is 32.6 Å². The second kappa shape index (κ2) is 7.93. The molecule has 21 heavy (non-hydrogen) atoms. The number of aryl methyl sites for hydroxylation is 2. The molecule has 114 valence electrons. The summed E-state index contributed by atoms with van der Waals surface area (Å²) in [5.41, 5.74) is 1.40. The average Bonchev–Trinajstić information content (AvgIpc) is 2.88. The zero-order valence-corrected chi connectivity index (χ0v) is 13.3. The third-order valence-corrected chi connectivity index (χ3v) is 3.74. The molecule has 2 rings (SSSR count). The lowest BCUT2D eigenvalue weighted by Crippen LogP contribution is -2.26. The Hall–Kier alpha value is -1.68. The van der Waals surface area contributed by atoms with Crippen molar-refractivity contribution in [2.75, 3.05) is 13.1 Å². The van der Waals surface area contributed by atoms with Crippen molar-refractivity contribution in [1.82, 2.24) is 20.1 Å². The quantitative estimate of drug-likeness (QED) is 0.811. The molecule has 0 aliphatic heterocycles. The first-order chi connectivity index (χ1) is 10.2. The van der Waals surface area contributed by atoms with Crippen LogP contribution < -0.4 is 5.32 Å². The van der Waals surface area contributed by atoms with Gasteiger partial charge in [0.1, 0.15) is 12.2 Å². The predicted molar refractivity (Wildman–Crippen MR) is 86.2 cm³/mol. The Morgan fingerprint density at radius 1 is 1.14 bits per heavy atom. The van der Waals surface area contributed by atoms with Gasteiger partial charge in [0, 0.05) is 20.0 Å². The van der Waals surface area contributed by atoms with Crippen LogP contribution in [0.4, 0.5) is 0 Å². The van der Waals surface area contributed by atoms with E-state index in [-0.39, 0.29) is 0 Å². The Balaban J connectivity index is 1.96. The van der Waals surface area contributed by atoms with Crippen molar-refractivity contribution in [3.63, 3.8) is 0 Å². The van der Waals surface area contributed by atoms with E-state index >= 15 is 0 Å². The highest BCUT2D eigenvalue weighted by Crippen LogP contribution is 2.20. The lowest BCUT2D eigenvalue weighted by Gasteiger charge is -2.19. The molecule has 0 bridgehead atoms. The van der Waals surface area contributed by atoms with Gasteiger partial charge in [0.15, 0.2) is 0 Å². The summed E-state index contributed by atoms with van der Waals surface area (Å²) in [6.45, 7) is 6.56. The monoisotopic (exact) mass is 286 g/mol. The molecule has 1 atom stereocenters. The summed E-state index contributed by atoms with van der Waals surface area (Å²) in [6, 6.07) is 10.8. The fourth-order valence-corrected chi connectivity index (χ4v) is 2.51. The second-order valence-corrected chi connectivity index (χ2v) is 6.00. The van der Waals surface area contributed by atoms with E-state index in [0.29, 0.717) is 11.8 Å².